The van der Waals surface area contributed by atoms with Crippen molar-refractivity contribution >= 4 is 29.5 Å². The molecule has 0 saturated heterocycles. The number of halogens is 2. The van der Waals surface area contributed by atoms with Crippen molar-refractivity contribution in [1.82, 2.24) is 0 Å². The van der Waals surface area contributed by atoms with Crippen LogP contribution < -0.4 is 0 Å². The van der Waals surface area contributed by atoms with E-state index < -0.39 is 5.82 Å². The lowest BCUT2D eigenvalue weighted by molar-refractivity contribution is -0.103. The van der Waals surface area contributed by atoms with E-state index in [0.717, 1.165) is 5.56 Å². The smallest absolute Gasteiger partial charge is 0.150 e. The quantitative estimate of drug-likeness (QED) is 0.459. The van der Waals surface area contributed by atoms with Crippen molar-refractivity contribution < 1.29 is 9.18 Å². The summed E-state index contributed by atoms with van der Waals surface area (Å²) in [6.45, 7) is 0. The Morgan fingerprint density at radius 2 is 1.78 bits per heavy atom. The van der Waals surface area contributed by atoms with Crippen LogP contribution in [0.1, 0.15) is 11.1 Å². The lowest BCUT2D eigenvalue weighted by Gasteiger charge is -2.03. The van der Waals surface area contributed by atoms with Gasteiger partial charge in [0.2, 0.25) is 0 Å². The average Bonchev–Trinajstić information content (AvgIpc) is 2.40. The van der Waals surface area contributed by atoms with Gasteiger partial charge in [-0.25, -0.2) is 4.39 Å². The zero-order chi connectivity index (χ0) is 13.0. The van der Waals surface area contributed by atoms with E-state index in [4.69, 9.17) is 11.6 Å². The summed E-state index contributed by atoms with van der Waals surface area (Å²) in [6.07, 6.45) is 2.15. The third kappa shape index (κ3) is 2.66. The first-order valence-corrected chi connectivity index (χ1v) is 5.76. The first-order valence-electron chi connectivity index (χ1n) is 5.38. The molecule has 2 aromatic carbocycles. The highest BCUT2D eigenvalue weighted by molar-refractivity contribution is 6.32. The van der Waals surface area contributed by atoms with E-state index in [2.05, 4.69) is 0 Å². The van der Waals surface area contributed by atoms with Crippen LogP contribution in [-0.4, -0.2) is 6.29 Å². The average molecular weight is 261 g/mol. The highest BCUT2D eigenvalue weighted by atomic mass is 35.5. The Morgan fingerprint density at radius 1 is 1.06 bits per heavy atom. The number of hydrogen-bond donors (Lipinski definition) is 0. The molecule has 18 heavy (non-hydrogen) atoms. The summed E-state index contributed by atoms with van der Waals surface area (Å²) >= 11 is 5.92. The van der Waals surface area contributed by atoms with Crippen LogP contribution in [0.5, 0.6) is 0 Å². The van der Waals surface area contributed by atoms with Crippen LogP contribution in [0.3, 0.4) is 0 Å². The van der Waals surface area contributed by atoms with Gasteiger partial charge in [-0.15, -0.1) is 0 Å². The Labute approximate surface area is 110 Å². The highest BCUT2D eigenvalue weighted by Crippen LogP contribution is 2.24. The molecule has 3 heteroatoms. The molecule has 0 atom stereocenters. The van der Waals surface area contributed by atoms with Gasteiger partial charge in [0.05, 0.1) is 5.02 Å². The molecule has 0 aromatic heterocycles. The molecule has 0 aliphatic heterocycles. The van der Waals surface area contributed by atoms with Gasteiger partial charge in [-0.1, -0.05) is 48.0 Å². The monoisotopic (exact) mass is 260 g/mol. The SMILES string of the molecule is O=C/C(=C/c1c(F)cccc1Cl)c1ccccc1. The van der Waals surface area contributed by atoms with E-state index in [-0.39, 0.29) is 10.6 Å². The number of carbonyl (C=O) groups excluding carboxylic acids is 1. The Hall–Kier alpha value is -1.93. The predicted molar refractivity (Wildman–Crippen MR) is 71.8 cm³/mol. The number of benzene rings is 2. The topological polar surface area (TPSA) is 17.1 Å². The normalized spacial score (nSPS) is 11.3. The maximum absolute atomic E-state index is 13.6. The van der Waals surface area contributed by atoms with Crippen LogP contribution in [0.4, 0.5) is 4.39 Å². The Kier molecular flexibility index (Phi) is 3.90. The zero-order valence-electron chi connectivity index (χ0n) is 9.44. The Morgan fingerprint density at radius 3 is 2.39 bits per heavy atom. The molecule has 0 amide bonds. The number of hydrogen-bond acceptors (Lipinski definition) is 1. The van der Waals surface area contributed by atoms with E-state index in [1.54, 1.807) is 18.2 Å². The van der Waals surface area contributed by atoms with Gasteiger partial charge in [0.15, 0.2) is 6.29 Å². The predicted octanol–water partition coefficient (Wildman–Crippen LogP) is 4.22. The van der Waals surface area contributed by atoms with E-state index >= 15 is 0 Å². The molecular formula is C15H10ClFO. The van der Waals surface area contributed by atoms with E-state index in [1.807, 2.05) is 18.2 Å². The van der Waals surface area contributed by atoms with Crippen molar-refractivity contribution in [3.8, 4) is 0 Å². The maximum atomic E-state index is 13.6. The summed E-state index contributed by atoms with van der Waals surface area (Å²) in [7, 11) is 0. The van der Waals surface area contributed by atoms with Gasteiger partial charge in [0.25, 0.3) is 0 Å². The lowest BCUT2D eigenvalue weighted by atomic mass is 10.0. The van der Waals surface area contributed by atoms with Crippen molar-refractivity contribution in [3.63, 3.8) is 0 Å². The second-order valence-electron chi connectivity index (χ2n) is 3.72. The van der Waals surface area contributed by atoms with Gasteiger partial charge < -0.3 is 0 Å². The lowest BCUT2D eigenvalue weighted by Crippen LogP contribution is -1.89. The van der Waals surface area contributed by atoms with Crippen LogP contribution in [0.2, 0.25) is 5.02 Å². The van der Waals surface area contributed by atoms with E-state index in [9.17, 15) is 9.18 Å². The van der Waals surface area contributed by atoms with Gasteiger partial charge in [-0.05, 0) is 23.8 Å². The minimum atomic E-state index is -0.446. The summed E-state index contributed by atoms with van der Waals surface area (Å²) in [5.74, 6) is -0.446. The fourth-order valence-electron chi connectivity index (χ4n) is 1.62. The first kappa shape index (κ1) is 12.5. The molecule has 0 bridgehead atoms. The van der Waals surface area contributed by atoms with Crippen molar-refractivity contribution in [2.75, 3.05) is 0 Å². The highest BCUT2D eigenvalue weighted by Gasteiger charge is 2.06. The zero-order valence-corrected chi connectivity index (χ0v) is 10.2. The van der Waals surface area contributed by atoms with Gasteiger partial charge in [-0.3, -0.25) is 4.79 Å². The number of carbonyl (C=O) groups is 1. The minimum absolute atomic E-state index is 0.227. The molecule has 90 valence electrons. The molecule has 0 spiro atoms. The molecule has 0 fully saturated rings. The fourth-order valence-corrected chi connectivity index (χ4v) is 1.84. The number of allylic oxidation sites excluding steroid dienone is 1. The van der Waals surface area contributed by atoms with Crippen molar-refractivity contribution in [2.45, 2.75) is 0 Å². The van der Waals surface area contributed by atoms with Crippen molar-refractivity contribution in [2.24, 2.45) is 0 Å². The minimum Gasteiger partial charge on any atom is -0.298 e. The molecule has 0 unspecified atom stereocenters. The first-order chi connectivity index (χ1) is 8.72. The standard InChI is InChI=1S/C15H10ClFO/c16-14-7-4-8-15(17)13(14)9-12(10-18)11-5-2-1-3-6-11/h1-10H/b12-9-. The Balaban J connectivity index is 2.51. The van der Waals surface area contributed by atoms with Crippen LogP contribution in [-0.2, 0) is 4.79 Å². The fraction of sp³-hybridized carbons (Fsp3) is 0. The molecule has 1 nitrogen and oxygen atoms in total. The van der Waals surface area contributed by atoms with Crippen LogP contribution in [0, 0.1) is 5.82 Å². The third-order valence-electron chi connectivity index (χ3n) is 2.53. The molecule has 2 aromatic rings. The summed E-state index contributed by atoms with van der Waals surface area (Å²) in [5, 5.41) is 0.283. The summed E-state index contributed by atoms with van der Waals surface area (Å²) < 4.78 is 13.6. The van der Waals surface area contributed by atoms with Crippen LogP contribution >= 0.6 is 11.6 Å². The molecule has 0 N–H and O–H groups in total. The third-order valence-corrected chi connectivity index (χ3v) is 2.86. The van der Waals surface area contributed by atoms with E-state index in [1.165, 1.54) is 18.2 Å². The maximum Gasteiger partial charge on any atom is 0.150 e. The van der Waals surface area contributed by atoms with Gasteiger partial charge in [0.1, 0.15) is 5.82 Å². The van der Waals surface area contributed by atoms with Crippen molar-refractivity contribution in [1.29, 1.82) is 0 Å². The molecule has 0 radical (unpaired) electrons. The van der Waals surface area contributed by atoms with Crippen LogP contribution in [0.25, 0.3) is 11.6 Å². The molecule has 0 heterocycles. The molecule has 0 aliphatic carbocycles. The molecular weight excluding hydrogens is 251 g/mol. The number of aldehydes is 1. The van der Waals surface area contributed by atoms with Gasteiger partial charge >= 0.3 is 0 Å². The largest absolute Gasteiger partial charge is 0.298 e. The molecule has 2 rings (SSSR count). The van der Waals surface area contributed by atoms with E-state index in [0.29, 0.717) is 11.9 Å². The summed E-state index contributed by atoms with van der Waals surface area (Å²) in [4.78, 5) is 11.1. The second kappa shape index (κ2) is 5.61. The number of rotatable bonds is 3. The summed E-state index contributed by atoms with van der Waals surface area (Å²) in [5.41, 5.74) is 1.35. The van der Waals surface area contributed by atoms with Gasteiger partial charge in [0, 0.05) is 11.1 Å². The second-order valence-corrected chi connectivity index (χ2v) is 4.13. The van der Waals surface area contributed by atoms with Crippen LogP contribution in [0.15, 0.2) is 48.5 Å². The molecule has 0 saturated carbocycles. The summed E-state index contributed by atoms with van der Waals surface area (Å²) in [6, 6.07) is 13.5. The van der Waals surface area contributed by atoms with Gasteiger partial charge in [-0.2, -0.15) is 0 Å². The Bertz CT molecular complexity index is 570. The van der Waals surface area contributed by atoms with Crippen molar-refractivity contribution in [3.05, 3.63) is 70.5 Å². The molecule has 0 aliphatic rings.